The second-order valence-corrected chi connectivity index (χ2v) is 4.79. The van der Waals surface area contributed by atoms with Gasteiger partial charge in [-0.2, -0.15) is 0 Å². The van der Waals surface area contributed by atoms with Gasteiger partial charge in [-0.25, -0.2) is 4.79 Å². The first-order chi connectivity index (χ1) is 10.6. The van der Waals surface area contributed by atoms with Crippen LogP contribution in [-0.2, 0) is 0 Å². The third-order valence-electron chi connectivity index (χ3n) is 3.48. The first-order valence-corrected chi connectivity index (χ1v) is 6.64. The van der Waals surface area contributed by atoms with Gasteiger partial charge in [0, 0.05) is 0 Å². The summed E-state index contributed by atoms with van der Waals surface area (Å²) in [6, 6.07) is 13.9. The van der Waals surface area contributed by atoms with Gasteiger partial charge < -0.3 is 14.8 Å². The Hall–Kier alpha value is -3.08. The Morgan fingerprint density at radius 2 is 1.86 bits per heavy atom. The van der Waals surface area contributed by atoms with E-state index >= 15 is 0 Å². The van der Waals surface area contributed by atoms with Gasteiger partial charge in [-0.3, -0.25) is 4.79 Å². The molecule has 0 spiro atoms. The number of fused-ring (bicyclic) bond motifs is 1. The van der Waals surface area contributed by atoms with E-state index in [2.05, 4.69) is 4.98 Å². The van der Waals surface area contributed by atoms with Crippen molar-refractivity contribution in [1.29, 1.82) is 0 Å². The molecule has 0 aliphatic carbocycles. The van der Waals surface area contributed by atoms with Crippen molar-refractivity contribution < 1.29 is 14.6 Å². The van der Waals surface area contributed by atoms with E-state index in [0.717, 1.165) is 0 Å². The van der Waals surface area contributed by atoms with E-state index in [9.17, 15) is 14.7 Å². The number of ether oxygens (including phenoxy) is 1. The first-order valence-electron chi connectivity index (χ1n) is 6.64. The molecule has 3 rings (SSSR count). The summed E-state index contributed by atoms with van der Waals surface area (Å²) in [5.74, 6) is -0.758. The fraction of sp³-hybridized carbons (Fsp3) is 0.0588. The Balaban J connectivity index is 2.40. The summed E-state index contributed by atoms with van der Waals surface area (Å²) in [5.41, 5.74) is 0.714. The number of rotatable bonds is 3. The Morgan fingerprint density at radius 3 is 2.50 bits per heavy atom. The summed E-state index contributed by atoms with van der Waals surface area (Å²) in [6.07, 6.45) is 0. The summed E-state index contributed by atoms with van der Waals surface area (Å²) >= 11 is 0. The van der Waals surface area contributed by atoms with Crippen molar-refractivity contribution in [3.05, 3.63) is 64.3 Å². The fourth-order valence-electron chi connectivity index (χ4n) is 2.42. The number of pyridine rings is 1. The molecule has 110 valence electrons. The fourth-order valence-corrected chi connectivity index (χ4v) is 2.42. The van der Waals surface area contributed by atoms with Crippen LogP contribution in [0.25, 0.3) is 22.2 Å². The first kappa shape index (κ1) is 13.9. The Morgan fingerprint density at radius 1 is 1.14 bits per heavy atom. The zero-order chi connectivity index (χ0) is 15.7. The minimum atomic E-state index is -1.26. The van der Waals surface area contributed by atoms with Crippen molar-refractivity contribution in [1.82, 2.24) is 4.98 Å². The summed E-state index contributed by atoms with van der Waals surface area (Å²) in [7, 11) is 1.49. The second kappa shape index (κ2) is 5.37. The van der Waals surface area contributed by atoms with Crippen LogP contribution in [0.1, 0.15) is 10.4 Å². The zero-order valence-electron chi connectivity index (χ0n) is 11.8. The SMILES string of the molecule is COc1ccc2[nH]c(-c3ccccc3)c(C(=O)O)c(=O)c2c1. The van der Waals surface area contributed by atoms with Gasteiger partial charge in [0.1, 0.15) is 11.3 Å². The van der Waals surface area contributed by atoms with Crippen LogP contribution in [0.2, 0.25) is 0 Å². The molecule has 0 saturated heterocycles. The monoisotopic (exact) mass is 295 g/mol. The molecular weight excluding hydrogens is 282 g/mol. The van der Waals surface area contributed by atoms with Crippen molar-refractivity contribution >= 4 is 16.9 Å². The lowest BCUT2D eigenvalue weighted by atomic mass is 10.0. The number of aromatic carboxylic acids is 1. The normalized spacial score (nSPS) is 10.6. The van der Waals surface area contributed by atoms with Gasteiger partial charge >= 0.3 is 5.97 Å². The topological polar surface area (TPSA) is 79.4 Å². The molecule has 0 saturated carbocycles. The van der Waals surface area contributed by atoms with E-state index < -0.39 is 11.4 Å². The van der Waals surface area contributed by atoms with Gasteiger partial charge in [-0.1, -0.05) is 30.3 Å². The highest BCUT2D eigenvalue weighted by Crippen LogP contribution is 2.24. The number of carboxylic acids is 1. The van der Waals surface area contributed by atoms with Gasteiger partial charge in [0.05, 0.1) is 23.7 Å². The molecule has 2 N–H and O–H groups in total. The maximum Gasteiger partial charge on any atom is 0.341 e. The molecular formula is C17H13NO4. The molecule has 2 aromatic carbocycles. The van der Waals surface area contributed by atoms with Gasteiger partial charge in [-0.05, 0) is 23.8 Å². The highest BCUT2D eigenvalue weighted by molar-refractivity contribution is 5.99. The summed E-state index contributed by atoms with van der Waals surface area (Å²) in [4.78, 5) is 27.2. The number of hydrogen-bond donors (Lipinski definition) is 2. The number of hydrogen-bond acceptors (Lipinski definition) is 3. The molecule has 0 amide bonds. The van der Waals surface area contributed by atoms with Gasteiger partial charge in [0.15, 0.2) is 0 Å². The number of methoxy groups -OCH3 is 1. The van der Waals surface area contributed by atoms with E-state index in [1.165, 1.54) is 13.2 Å². The van der Waals surface area contributed by atoms with E-state index in [1.54, 1.807) is 36.4 Å². The van der Waals surface area contributed by atoms with Crippen LogP contribution in [-0.4, -0.2) is 23.2 Å². The van der Waals surface area contributed by atoms with Crippen molar-refractivity contribution in [2.45, 2.75) is 0 Å². The van der Waals surface area contributed by atoms with Crippen LogP contribution < -0.4 is 10.2 Å². The second-order valence-electron chi connectivity index (χ2n) is 4.79. The molecule has 0 atom stereocenters. The van der Waals surface area contributed by atoms with Crippen molar-refractivity contribution in [2.75, 3.05) is 7.11 Å². The maximum atomic E-state index is 12.6. The highest BCUT2D eigenvalue weighted by Gasteiger charge is 2.19. The molecule has 0 unspecified atom stereocenters. The number of benzene rings is 2. The number of carboxylic acid groups (broad SMARTS) is 1. The lowest BCUT2D eigenvalue weighted by molar-refractivity contribution is 0.0696. The van der Waals surface area contributed by atoms with Gasteiger partial charge in [0.2, 0.25) is 5.43 Å². The average molecular weight is 295 g/mol. The van der Waals surface area contributed by atoms with Crippen LogP contribution in [0.3, 0.4) is 0 Å². The number of aromatic amines is 1. The summed E-state index contributed by atoms with van der Waals surface area (Å²) in [5, 5.41) is 9.73. The van der Waals surface area contributed by atoms with E-state index in [1.807, 2.05) is 6.07 Å². The lowest BCUT2D eigenvalue weighted by Gasteiger charge is -2.09. The molecule has 22 heavy (non-hydrogen) atoms. The van der Waals surface area contributed by atoms with Crippen LogP contribution >= 0.6 is 0 Å². The predicted octanol–water partition coefficient (Wildman–Crippen LogP) is 2.90. The van der Waals surface area contributed by atoms with Gasteiger partial charge in [0.25, 0.3) is 0 Å². The van der Waals surface area contributed by atoms with Crippen molar-refractivity contribution in [3.8, 4) is 17.0 Å². The molecule has 0 aliphatic heterocycles. The van der Waals surface area contributed by atoms with Crippen LogP contribution in [0, 0.1) is 0 Å². The van der Waals surface area contributed by atoms with E-state index in [0.29, 0.717) is 22.5 Å². The summed E-state index contributed by atoms with van der Waals surface area (Å²) < 4.78 is 5.09. The summed E-state index contributed by atoms with van der Waals surface area (Å²) in [6.45, 7) is 0. The van der Waals surface area contributed by atoms with Gasteiger partial charge in [-0.15, -0.1) is 0 Å². The lowest BCUT2D eigenvalue weighted by Crippen LogP contribution is -2.18. The third-order valence-corrected chi connectivity index (χ3v) is 3.48. The molecule has 1 aromatic heterocycles. The third kappa shape index (κ3) is 2.22. The average Bonchev–Trinajstić information content (AvgIpc) is 2.54. The highest BCUT2D eigenvalue weighted by atomic mass is 16.5. The number of nitrogens with one attached hydrogen (secondary N) is 1. The molecule has 5 nitrogen and oxygen atoms in total. The van der Waals surface area contributed by atoms with Crippen LogP contribution in [0.15, 0.2) is 53.3 Å². The number of H-pyrrole nitrogens is 1. The molecule has 0 bridgehead atoms. The smallest absolute Gasteiger partial charge is 0.341 e. The van der Waals surface area contributed by atoms with Crippen molar-refractivity contribution in [2.24, 2.45) is 0 Å². The Bertz CT molecular complexity index is 913. The van der Waals surface area contributed by atoms with Crippen LogP contribution in [0.4, 0.5) is 0 Å². The molecule has 0 aliphatic rings. The minimum absolute atomic E-state index is 0.271. The van der Waals surface area contributed by atoms with E-state index in [-0.39, 0.29) is 10.9 Å². The Labute approximate surface area is 125 Å². The molecule has 1 heterocycles. The standard InChI is InChI=1S/C17H13NO4/c1-22-11-7-8-13-12(9-11)16(19)14(17(20)21)15(18-13)10-5-3-2-4-6-10/h2-9H,1H3,(H,18,19)(H,20,21). The zero-order valence-corrected chi connectivity index (χ0v) is 11.8. The predicted molar refractivity (Wildman–Crippen MR) is 83.5 cm³/mol. The Kier molecular flexibility index (Phi) is 3.39. The minimum Gasteiger partial charge on any atom is -0.497 e. The molecule has 5 heteroatoms. The van der Waals surface area contributed by atoms with Crippen LogP contribution in [0.5, 0.6) is 5.75 Å². The number of carbonyl (C=O) groups is 1. The molecule has 0 radical (unpaired) electrons. The molecule has 0 fully saturated rings. The van der Waals surface area contributed by atoms with Crippen molar-refractivity contribution in [3.63, 3.8) is 0 Å². The largest absolute Gasteiger partial charge is 0.497 e. The quantitative estimate of drug-likeness (QED) is 0.778. The number of aromatic nitrogens is 1. The van der Waals surface area contributed by atoms with E-state index in [4.69, 9.17) is 4.74 Å². The molecule has 3 aromatic rings. The maximum absolute atomic E-state index is 12.6.